The third kappa shape index (κ3) is 3.78. The smallest absolute Gasteiger partial charge is 0.137 e. The second-order valence-electron chi connectivity index (χ2n) is 7.73. The third-order valence-electron chi connectivity index (χ3n) is 5.56. The van der Waals surface area contributed by atoms with Crippen LogP contribution in [0.15, 0.2) is 84.9 Å². The number of rotatable bonds is 5. The van der Waals surface area contributed by atoms with Crippen LogP contribution in [0, 0.1) is 5.92 Å². The molecule has 3 heteroatoms. The van der Waals surface area contributed by atoms with Gasteiger partial charge in [0.05, 0.1) is 6.61 Å². The van der Waals surface area contributed by atoms with Gasteiger partial charge in [-0.15, -0.1) is 0 Å². The molecule has 0 aliphatic carbocycles. The van der Waals surface area contributed by atoms with E-state index >= 15 is 0 Å². The summed E-state index contributed by atoms with van der Waals surface area (Å²) in [5, 5.41) is 4.13. The fourth-order valence-corrected chi connectivity index (χ4v) is 6.53. The van der Waals surface area contributed by atoms with Crippen LogP contribution in [0.2, 0.25) is 0 Å². The second-order valence-corrected chi connectivity index (χ2v) is 9.91. The molecule has 0 saturated carbocycles. The summed E-state index contributed by atoms with van der Waals surface area (Å²) in [6.07, 6.45) is 0.0148. The summed E-state index contributed by atoms with van der Waals surface area (Å²) in [5.74, 6) is 0.576. The van der Waals surface area contributed by atoms with Gasteiger partial charge in [-0.2, -0.15) is 0 Å². The standard InChI is InChI=1S/C25H28NOP/c1-19(2)23-18-27-25(26(23)3)22-16-10-11-17-24(22)28(20-12-6-4-7-13-20)21-14-8-5-9-15-21/h4-17,19,23,25H,18H2,1-3H3/t23?,25-/m0/s1. The number of benzene rings is 3. The van der Waals surface area contributed by atoms with Crippen molar-refractivity contribution in [3.63, 3.8) is 0 Å². The Morgan fingerprint density at radius 2 is 1.36 bits per heavy atom. The lowest BCUT2D eigenvalue weighted by molar-refractivity contribution is 0.0429. The summed E-state index contributed by atoms with van der Waals surface area (Å²) in [6, 6.07) is 31.1. The normalized spacial score (nSPS) is 20.2. The van der Waals surface area contributed by atoms with Gasteiger partial charge in [-0.25, -0.2) is 0 Å². The zero-order valence-electron chi connectivity index (χ0n) is 16.8. The van der Waals surface area contributed by atoms with Crippen LogP contribution in [0.1, 0.15) is 25.6 Å². The van der Waals surface area contributed by atoms with Crippen LogP contribution in [-0.4, -0.2) is 24.6 Å². The van der Waals surface area contributed by atoms with Crippen LogP contribution < -0.4 is 15.9 Å². The average molecular weight is 389 g/mol. The molecule has 1 fully saturated rings. The topological polar surface area (TPSA) is 12.5 Å². The summed E-state index contributed by atoms with van der Waals surface area (Å²) < 4.78 is 6.32. The first-order valence-corrected chi connectivity index (χ1v) is 11.3. The number of ether oxygens (including phenoxy) is 1. The number of hydrogen-bond acceptors (Lipinski definition) is 2. The van der Waals surface area contributed by atoms with Crippen molar-refractivity contribution in [1.82, 2.24) is 4.90 Å². The maximum atomic E-state index is 6.32. The van der Waals surface area contributed by atoms with E-state index in [0.717, 1.165) is 6.61 Å². The van der Waals surface area contributed by atoms with Crippen LogP contribution in [0.5, 0.6) is 0 Å². The monoisotopic (exact) mass is 389 g/mol. The molecule has 3 aromatic carbocycles. The van der Waals surface area contributed by atoms with Gasteiger partial charge in [-0.1, -0.05) is 98.8 Å². The lowest BCUT2D eigenvalue weighted by Crippen LogP contribution is -2.35. The van der Waals surface area contributed by atoms with E-state index < -0.39 is 7.92 Å². The molecule has 3 aromatic rings. The molecule has 1 aliphatic rings. The molecular formula is C25H28NOP. The lowest BCUT2D eigenvalue weighted by Gasteiger charge is -2.29. The Labute approximate surface area is 169 Å². The largest absolute Gasteiger partial charge is 0.357 e. The van der Waals surface area contributed by atoms with E-state index in [1.165, 1.54) is 21.5 Å². The summed E-state index contributed by atoms with van der Waals surface area (Å²) >= 11 is 0. The molecule has 1 aliphatic heterocycles. The molecule has 1 unspecified atom stereocenters. The van der Waals surface area contributed by atoms with Gasteiger partial charge in [-0.3, -0.25) is 4.90 Å². The fourth-order valence-electron chi connectivity index (χ4n) is 4.05. The van der Waals surface area contributed by atoms with E-state index in [1.54, 1.807) is 0 Å². The zero-order chi connectivity index (χ0) is 19.5. The van der Waals surface area contributed by atoms with Crippen molar-refractivity contribution < 1.29 is 4.74 Å². The van der Waals surface area contributed by atoms with Gasteiger partial charge in [0.15, 0.2) is 0 Å². The quantitative estimate of drug-likeness (QED) is 0.599. The van der Waals surface area contributed by atoms with Gasteiger partial charge in [0.1, 0.15) is 6.23 Å². The van der Waals surface area contributed by atoms with Crippen LogP contribution >= 0.6 is 7.92 Å². The summed E-state index contributed by atoms with van der Waals surface area (Å²) in [5.41, 5.74) is 1.30. The summed E-state index contributed by atoms with van der Waals surface area (Å²) in [7, 11) is 1.56. The van der Waals surface area contributed by atoms with Crippen molar-refractivity contribution >= 4 is 23.8 Å². The average Bonchev–Trinajstić information content (AvgIpc) is 3.12. The predicted octanol–water partition coefficient (Wildman–Crippen LogP) is 4.43. The minimum Gasteiger partial charge on any atom is -0.357 e. The Balaban J connectivity index is 1.81. The van der Waals surface area contributed by atoms with E-state index in [1.807, 2.05) is 0 Å². The van der Waals surface area contributed by atoms with Gasteiger partial charge in [0, 0.05) is 11.6 Å². The Kier molecular flexibility index (Phi) is 5.92. The molecule has 0 radical (unpaired) electrons. The molecule has 0 bridgehead atoms. The molecule has 144 valence electrons. The minimum atomic E-state index is -0.638. The van der Waals surface area contributed by atoms with Gasteiger partial charge >= 0.3 is 0 Å². The maximum Gasteiger partial charge on any atom is 0.137 e. The molecule has 0 aromatic heterocycles. The lowest BCUT2D eigenvalue weighted by atomic mass is 10.0. The van der Waals surface area contributed by atoms with Gasteiger partial charge in [-0.05, 0) is 36.8 Å². The van der Waals surface area contributed by atoms with E-state index in [4.69, 9.17) is 4.74 Å². The zero-order valence-corrected chi connectivity index (χ0v) is 17.7. The number of hydrogen-bond donors (Lipinski definition) is 0. The van der Waals surface area contributed by atoms with Crippen LogP contribution in [0.4, 0.5) is 0 Å². The number of likely N-dealkylation sites (N-methyl/N-ethyl adjacent to an activating group) is 1. The first-order chi connectivity index (χ1) is 13.7. The second kappa shape index (κ2) is 8.57. The Hall–Kier alpha value is -1.99. The molecular weight excluding hydrogens is 361 g/mol. The SMILES string of the molecule is CC(C)C1CO[C@@H](c2ccccc2P(c2ccccc2)c2ccccc2)N1C. The van der Waals surface area contributed by atoms with Gasteiger partial charge in [0.25, 0.3) is 0 Å². The highest BCUT2D eigenvalue weighted by Gasteiger charge is 2.36. The van der Waals surface area contributed by atoms with Gasteiger partial charge < -0.3 is 4.74 Å². The first kappa shape index (κ1) is 19.3. The third-order valence-corrected chi connectivity index (χ3v) is 8.08. The number of nitrogens with zero attached hydrogens (tertiary/aromatic N) is 1. The molecule has 0 spiro atoms. The highest BCUT2D eigenvalue weighted by Crippen LogP contribution is 2.39. The molecule has 0 N–H and O–H groups in total. The van der Waals surface area contributed by atoms with Crippen molar-refractivity contribution in [2.45, 2.75) is 26.1 Å². The van der Waals surface area contributed by atoms with E-state index in [-0.39, 0.29) is 6.23 Å². The summed E-state index contributed by atoms with van der Waals surface area (Å²) in [6.45, 7) is 5.35. The predicted molar refractivity (Wildman–Crippen MR) is 120 cm³/mol. The first-order valence-electron chi connectivity index (χ1n) is 9.99. The van der Waals surface area contributed by atoms with E-state index in [9.17, 15) is 0 Å². The van der Waals surface area contributed by atoms with Crippen LogP contribution in [-0.2, 0) is 4.74 Å². The van der Waals surface area contributed by atoms with E-state index in [2.05, 4.69) is 111 Å². The Morgan fingerprint density at radius 1 is 0.821 bits per heavy atom. The highest BCUT2D eigenvalue weighted by molar-refractivity contribution is 7.79. The van der Waals surface area contributed by atoms with Crippen molar-refractivity contribution in [2.75, 3.05) is 13.7 Å². The maximum absolute atomic E-state index is 6.32. The fraction of sp³-hybridized carbons (Fsp3) is 0.280. The molecule has 1 heterocycles. The molecule has 28 heavy (non-hydrogen) atoms. The van der Waals surface area contributed by atoms with Crippen molar-refractivity contribution in [3.8, 4) is 0 Å². The Bertz CT molecular complexity index is 857. The molecule has 2 nitrogen and oxygen atoms in total. The van der Waals surface area contributed by atoms with Crippen molar-refractivity contribution in [3.05, 3.63) is 90.5 Å². The van der Waals surface area contributed by atoms with Crippen molar-refractivity contribution in [2.24, 2.45) is 5.92 Å². The van der Waals surface area contributed by atoms with E-state index in [0.29, 0.717) is 12.0 Å². The highest BCUT2D eigenvalue weighted by atomic mass is 31.1. The molecule has 4 rings (SSSR count). The Morgan fingerprint density at radius 3 is 1.89 bits per heavy atom. The van der Waals surface area contributed by atoms with Crippen molar-refractivity contribution in [1.29, 1.82) is 0 Å². The van der Waals surface area contributed by atoms with Crippen LogP contribution in [0.25, 0.3) is 0 Å². The molecule has 0 amide bonds. The molecule has 1 saturated heterocycles. The minimum absolute atomic E-state index is 0.0148. The summed E-state index contributed by atoms with van der Waals surface area (Å²) in [4.78, 5) is 2.41. The van der Waals surface area contributed by atoms with Crippen LogP contribution in [0.3, 0.4) is 0 Å². The van der Waals surface area contributed by atoms with Gasteiger partial charge in [0.2, 0.25) is 0 Å². The molecule has 2 atom stereocenters.